The van der Waals surface area contributed by atoms with E-state index in [4.69, 9.17) is 16.7 Å². The lowest BCUT2D eigenvalue weighted by Crippen LogP contribution is -2.13. The Hall–Kier alpha value is -3.05. The summed E-state index contributed by atoms with van der Waals surface area (Å²) in [5, 5.41) is 9.42. The molecule has 0 amide bonds. The second-order valence-electron chi connectivity index (χ2n) is 5.06. The van der Waals surface area contributed by atoms with Gasteiger partial charge in [-0.1, -0.05) is 17.7 Å². The maximum absolute atomic E-state index is 12.8. The van der Waals surface area contributed by atoms with Crippen LogP contribution in [0.1, 0.15) is 11.1 Å². The Morgan fingerprint density at radius 2 is 1.83 bits per heavy atom. The van der Waals surface area contributed by atoms with E-state index in [1.54, 1.807) is 12.1 Å². The Morgan fingerprint density at radius 3 is 2.43 bits per heavy atom. The summed E-state index contributed by atoms with van der Waals surface area (Å²) in [4.78, 5) is 4.16. The minimum absolute atomic E-state index is 0.0444. The monoisotopic (exact) mass is 327 g/mol. The molecule has 0 bridgehead atoms. The molecule has 0 fully saturated rings. The molecule has 0 atom stereocenters. The van der Waals surface area contributed by atoms with Gasteiger partial charge < -0.3 is 11.5 Å². The van der Waals surface area contributed by atoms with Crippen LogP contribution in [0.15, 0.2) is 41.4 Å². The molecule has 0 spiro atoms. The van der Waals surface area contributed by atoms with Gasteiger partial charge in [0.1, 0.15) is 17.5 Å². The molecule has 0 aliphatic heterocycles. The number of pyridine rings is 1. The number of nitrogen functional groups attached to an aromatic ring is 2. The summed E-state index contributed by atoms with van der Waals surface area (Å²) in [6, 6.07) is 9.84. The lowest BCUT2D eigenvalue weighted by atomic mass is 10.2. The molecule has 116 valence electrons. The number of nitrogens with zero attached hydrogens (tertiary/aromatic N) is 3. The lowest BCUT2D eigenvalue weighted by Gasteiger charge is -2.09. The van der Waals surface area contributed by atoms with Gasteiger partial charge >= 0.3 is 0 Å². The van der Waals surface area contributed by atoms with Crippen LogP contribution in [0.3, 0.4) is 0 Å². The van der Waals surface area contributed by atoms with Gasteiger partial charge in [-0.05, 0) is 25.1 Å². The number of hydrogen-bond donors (Lipinski definition) is 2. The van der Waals surface area contributed by atoms with Gasteiger partial charge in [-0.2, -0.15) is 5.26 Å². The van der Waals surface area contributed by atoms with E-state index in [1.165, 1.54) is 24.4 Å². The average molecular weight is 327 g/mol. The van der Waals surface area contributed by atoms with Crippen LogP contribution in [-0.2, 0) is 10.0 Å². The van der Waals surface area contributed by atoms with Gasteiger partial charge in [-0.15, -0.1) is 0 Å². The van der Waals surface area contributed by atoms with Crippen molar-refractivity contribution in [1.29, 1.82) is 5.26 Å². The molecular formula is C15H13N5O2S. The number of aromatic nitrogens is 2. The van der Waals surface area contributed by atoms with Crippen LogP contribution >= 0.6 is 0 Å². The predicted octanol–water partition coefficient (Wildman–Crippen LogP) is 1.62. The minimum Gasteiger partial charge on any atom is -0.397 e. The zero-order valence-corrected chi connectivity index (χ0v) is 13.0. The molecule has 0 saturated carbocycles. The highest BCUT2D eigenvalue weighted by Gasteiger charge is 2.22. The van der Waals surface area contributed by atoms with E-state index in [1.807, 2.05) is 13.0 Å². The fraction of sp³-hybridized carbons (Fsp3) is 0.0667. The highest BCUT2D eigenvalue weighted by Crippen LogP contribution is 2.29. The molecule has 8 heteroatoms. The maximum Gasteiger partial charge on any atom is 0.269 e. The SMILES string of the molecule is Cc1ccc(S(=O)(=O)n2ccc3c(N)c(C#N)c(N)nc32)cc1. The summed E-state index contributed by atoms with van der Waals surface area (Å²) in [5.74, 6) is -0.100. The van der Waals surface area contributed by atoms with Gasteiger partial charge in [0.05, 0.1) is 10.6 Å². The summed E-state index contributed by atoms with van der Waals surface area (Å²) < 4.78 is 26.6. The van der Waals surface area contributed by atoms with E-state index in [9.17, 15) is 8.42 Å². The Bertz CT molecular complexity index is 1060. The summed E-state index contributed by atoms with van der Waals surface area (Å²) in [5.41, 5.74) is 12.8. The van der Waals surface area contributed by atoms with Gasteiger partial charge in [0.25, 0.3) is 10.0 Å². The van der Waals surface area contributed by atoms with Crippen LogP contribution in [0, 0.1) is 18.3 Å². The van der Waals surface area contributed by atoms with Crippen LogP contribution < -0.4 is 11.5 Å². The second kappa shape index (κ2) is 5.00. The largest absolute Gasteiger partial charge is 0.397 e. The van der Waals surface area contributed by atoms with Crippen molar-refractivity contribution in [2.75, 3.05) is 11.5 Å². The zero-order chi connectivity index (χ0) is 16.8. The van der Waals surface area contributed by atoms with E-state index in [2.05, 4.69) is 4.98 Å². The van der Waals surface area contributed by atoms with Crippen molar-refractivity contribution in [1.82, 2.24) is 8.96 Å². The average Bonchev–Trinajstić information content (AvgIpc) is 2.92. The Morgan fingerprint density at radius 1 is 1.17 bits per heavy atom. The Labute approximate surface area is 132 Å². The van der Waals surface area contributed by atoms with Crippen molar-refractivity contribution in [3.05, 3.63) is 47.7 Å². The quantitative estimate of drug-likeness (QED) is 0.736. The third kappa shape index (κ3) is 2.18. The molecule has 0 aliphatic rings. The summed E-state index contributed by atoms with van der Waals surface area (Å²) in [7, 11) is -3.83. The van der Waals surface area contributed by atoms with Crippen molar-refractivity contribution in [2.45, 2.75) is 11.8 Å². The normalized spacial score (nSPS) is 11.5. The first-order valence-electron chi connectivity index (χ1n) is 6.64. The van der Waals surface area contributed by atoms with Crippen LogP contribution in [0.4, 0.5) is 11.5 Å². The smallest absolute Gasteiger partial charge is 0.269 e. The molecule has 2 heterocycles. The number of anilines is 2. The predicted molar refractivity (Wildman–Crippen MR) is 87.0 cm³/mol. The standard InChI is InChI=1S/C15H13N5O2S/c1-9-2-4-10(5-3-9)23(21,22)20-7-6-11-13(17)12(8-16)14(18)19-15(11)20/h2-7H,1H3,(H4,17,18,19). The highest BCUT2D eigenvalue weighted by atomic mass is 32.2. The van der Waals surface area contributed by atoms with E-state index < -0.39 is 10.0 Å². The molecule has 3 rings (SSSR count). The summed E-state index contributed by atoms with van der Waals surface area (Å²) >= 11 is 0. The van der Waals surface area contributed by atoms with Crippen LogP contribution in [-0.4, -0.2) is 17.4 Å². The number of nitriles is 1. The van der Waals surface area contributed by atoms with Gasteiger partial charge in [-0.3, -0.25) is 0 Å². The lowest BCUT2D eigenvalue weighted by molar-refractivity contribution is 0.589. The second-order valence-corrected chi connectivity index (χ2v) is 6.88. The van der Waals surface area contributed by atoms with Gasteiger partial charge in [0.15, 0.2) is 5.65 Å². The third-order valence-corrected chi connectivity index (χ3v) is 5.24. The number of aryl methyl sites for hydroxylation is 1. The van der Waals surface area contributed by atoms with E-state index >= 15 is 0 Å². The molecule has 23 heavy (non-hydrogen) atoms. The number of hydrogen-bond acceptors (Lipinski definition) is 6. The van der Waals surface area contributed by atoms with Crippen molar-refractivity contribution < 1.29 is 8.42 Å². The molecule has 4 N–H and O–H groups in total. The van der Waals surface area contributed by atoms with E-state index in [0.29, 0.717) is 5.39 Å². The fourth-order valence-corrected chi connectivity index (χ4v) is 3.60. The Kier molecular flexibility index (Phi) is 3.23. The van der Waals surface area contributed by atoms with Crippen molar-refractivity contribution >= 4 is 32.6 Å². The molecule has 0 unspecified atom stereocenters. The molecule has 0 saturated heterocycles. The molecule has 0 radical (unpaired) electrons. The number of nitrogens with two attached hydrogens (primary N) is 2. The number of fused-ring (bicyclic) bond motifs is 1. The van der Waals surface area contributed by atoms with Gasteiger partial charge in [0.2, 0.25) is 0 Å². The van der Waals surface area contributed by atoms with Crippen LogP contribution in [0.5, 0.6) is 0 Å². The van der Waals surface area contributed by atoms with Gasteiger partial charge in [-0.25, -0.2) is 17.4 Å². The van der Waals surface area contributed by atoms with E-state index in [-0.39, 0.29) is 27.6 Å². The van der Waals surface area contributed by atoms with Gasteiger partial charge in [0, 0.05) is 11.6 Å². The number of rotatable bonds is 2. The molecule has 2 aromatic heterocycles. The van der Waals surface area contributed by atoms with E-state index in [0.717, 1.165) is 9.54 Å². The van der Waals surface area contributed by atoms with Crippen LogP contribution in [0.2, 0.25) is 0 Å². The van der Waals surface area contributed by atoms with Crippen molar-refractivity contribution in [3.8, 4) is 6.07 Å². The number of benzene rings is 1. The molecule has 3 aromatic rings. The molecule has 7 nitrogen and oxygen atoms in total. The first-order valence-corrected chi connectivity index (χ1v) is 8.08. The van der Waals surface area contributed by atoms with Crippen molar-refractivity contribution in [3.63, 3.8) is 0 Å². The summed E-state index contributed by atoms with van der Waals surface area (Å²) in [6.07, 6.45) is 1.35. The highest BCUT2D eigenvalue weighted by molar-refractivity contribution is 7.90. The minimum atomic E-state index is -3.83. The molecule has 1 aromatic carbocycles. The summed E-state index contributed by atoms with van der Waals surface area (Å²) in [6.45, 7) is 1.87. The first-order chi connectivity index (χ1) is 10.9. The molecular weight excluding hydrogens is 314 g/mol. The topological polar surface area (TPSA) is 128 Å². The first kappa shape index (κ1) is 14.9. The Balaban J connectivity index is 2.29. The van der Waals surface area contributed by atoms with Crippen LogP contribution in [0.25, 0.3) is 11.0 Å². The molecule has 0 aliphatic carbocycles. The maximum atomic E-state index is 12.8. The van der Waals surface area contributed by atoms with Crippen molar-refractivity contribution in [2.24, 2.45) is 0 Å². The third-order valence-electron chi connectivity index (χ3n) is 3.56. The fourth-order valence-electron chi connectivity index (χ4n) is 2.30. The zero-order valence-electron chi connectivity index (χ0n) is 12.2.